The molecule has 21 heavy (non-hydrogen) atoms. The lowest BCUT2D eigenvalue weighted by Crippen LogP contribution is -2.51. The zero-order chi connectivity index (χ0) is 15.1. The maximum absolute atomic E-state index is 12.7. The van der Waals surface area contributed by atoms with Gasteiger partial charge in [-0.2, -0.15) is 4.31 Å². The van der Waals surface area contributed by atoms with Crippen LogP contribution < -0.4 is 5.32 Å². The monoisotopic (exact) mass is 314 g/mol. The molecule has 0 bridgehead atoms. The Morgan fingerprint density at radius 3 is 2.57 bits per heavy atom. The molecule has 1 unspecified atom stereocenters. The molecule has 0 aromatic carbocycles. The van der Waals surface area contributed by atoms with Crippen LogP contribution in [0.25, 0.3) is 0 Å². The molecule has 3 fully saturated rings. The van der Waals surface area contributed by atoms with Gasteiger partial charge in [-0.15, -0.1) is 0 Å². The highest BCUT2D eigenvalue weighted by Crippen LogP contribution is 2.58. The molecule has 1 amide bonds. The van der Waals surface area contributed by atoms with Gasteiger partial charge >= 0.3 is 0 Å². The molecule has 1 atom stereocenters. The third-order valence-corrected chi connectivity index (χ3v) is 7.60. The summed E-state index contributed by atoms with van der Waals surface area (Å²) in [6.45, 7) is 2.93. The van der Waals surface area contributed by atoms with Crippen molar-refractivity contribution in [1.82, 2.24) is 9.62 Å². The second kappa shape index (κ2) is 5.54. The second-order valence-electron chi connectivity index (χ2n) is 7.09. The zero-order valence-electron chi connectivity index (χ0n) is 12.8. The van der Waals surface area contributed by atoms with Gasteiger partial charge in [0.05, 0.1) is 5.75 Å². The van der Waals surface area contributed by atoms with Crippen LogP contribution >= 0.6 is 0 Å². The predicted octanol–water partition coefficient (Wildman–Crippen LogP) is 1.50. The number of hydrogen-bond donors (Lipinski definition) is 1. The highest BCUT2D eigenvalue weighted by Gasteiger charge is 2.50. The van der Waals surface area contributed by atoms with Gasteiger partial charge in [0.25, 0.3) is 0 Å². The summed E-state index contributed by atoms with van der Waals surface area (Å²) >= 11 is 0. The van der Waals surface area contributed by atoms with Gasteiger partial charge in [-0.25, -0.2) is 8.42 Å². The Kier molecular flexibility index (Phi) is 4.03. The Balaban J connectivity index is 1.66. The van der Waals surface area contributed by atoms with Gasteiger partial charge in [0.15, 0.2) is 0 Å². The molecule has 0 aromatic rings. The topological polar surface area (TPSA) is 66.5 Å². The number of carbonyl (C=O) groups excluding carboxylic acids is 1. The van der Waals surface area contributed by atoms with Crippen LogP contribution in [0.2, 0.25) is 0 Å². The lowest BCUT2D eigenvalue weighted by atomic mass is 9.52. The standard InChI is InChI=1S/C15H26N2O3S/c1-2-13-14(18)16-7-4-8-17(13)21(19,20)11-12-9-15(10-12)5-3-6-15/h12-13H,2-11H2,1H3,(H,16,18). The number of hydrogen-bond acceptors (Lipinski definition) is 3. The summed E-state index contributed by atoms with van der Waals surface area (Å²) < 4.78 is 26.9. The van der Waals surface area contributed by atoms with Crippen molar-refractivity contribution < 1.29 is 13.2 Å². The molecule has 0 radical (unpaired) electrons. The van der Waals surface area contributed by atoms with Gasteiger partial charge in [-0.1, -0.05) is 13.3 Å². The first-order chi connectivity index (χ1) is 9.96. The molecule has 2 saturated carbocycles. The minimum absolute atomic E-state index is 0.136. The maximum Gasteiger partial charge on any atom is 0.238 e. The maximum atomic E-state index is 12.7. The van der Waals surface area contributed by atoms with Crippen LogP contribution in [0.5, 0.6) is 0 Å². The van der Waals surface area contributed by atoms with Crippen molar-refractivity contribution in [2.75, 3.05) is 18.8 Å². The van der Waals surface area contributed by atoms with Gasteiger partial charge in [0.1, 0.15) is 6.04 Å². The number of sulfonamides is 1. The van der Waals surface area contributed by atoms with Crippen LogP contribution in [0.3, 0.4) is 0 Å². The third kappa shape index (κ3) is 2.84. The first kappa shape index (κ1) is 15.3. The fourth-order valence-corrected chi connectivity index (χ4v) is 6.40. The number of nitrogens with zero attached hydrogens (tertiary/aromatic N) is 1. The van der Waals surface area contributed by atoms with Gasteiger partial charge in [-0.3, -0.25) is 4.79 Å². The third-order valence-electron chi connectivity index (χ3n) is 5.55. The minimum Gasteiger partial charge on any atom is -0.355 e. The summed E-state index contributed by atoms with van der Waals surface area (Å²) in [5, 5.41) is 2.82. The first-order valence-electron chi connectivity index (χ1n) is 8.23. The van der Waals surface area contributed by atoms with Crippen LogP contribution in [-0.4, -0.2) is 43.5 Å². The molecule has 6 heteroatoms. The zero-order valence-corrected chi connectivity index (χ0v) is 13.6. The largest absolute Gasteiger partial charge is 0.355 e. The van der Waals surface area contributed by atoms with Crippen LogP contribution in [0, 0.1) is 11.3 Å². The SMILES string of the molecule is CCC1C(=O)NCCCN1S(=O)(=O)CC1CC2(CCC2)C1. The number of nitrogens with one attached hydrogen (secondary N) is 1. The van der Waals surface area contributed by atoms with E-state index < -0.39 is 16.1 Å². The van der Waals surface area contributed by atoms with E-state index in [1.54, 1.807) is 0 Å². The Bertz CT molecular complexity index is 505. The van der Waals surface area contributed by atoms with Crippen molar-refractivity contribution in [2.24, 2.45) is 11.3 Å². The van der Waals surface area contributed by atoms with E-state index >= 15 is 0 Å². The summed E-state index contributed by atoms with van der Waals surface area (Å²) in [5.74, 6) is 0.403. The van der Waals surface area contributed by atoms with Crippen molar-refractivity contribution in [1.29, 1.82) is 0 Å². The van der Waals surface area contributed by atoms with E-state index in [1.807, 2.05) is 6.92 Å². The molecule has 1 spiro atoms. The van der Waals surface area contributed by atoms with Crippen LogP contribution in [0.1, 0.15) is 51.9 Å². The molecule has 5 nitrogen and oxygen atoms in total. The summed E-state index contributed by atoms with van der Waals surface area (Å²) in [6.07, 6.45) is 7.27. The molecule has 0 aromatic heterocycles. The summed E-state index contributed by atoms with van der Waals surface area (Å²) in [7, 11) is -3.32. The van der Waals surface area contributed by atoms with Gasteiger partial charge in [-0.05, 0) is 49.9 Å². The van der Waals surface area contributed by atoms with E-state index in [4.69, 9.17) is 0 Å². The number of rotatable bonds is 4. The van der Waals surface area contributed by atoms with Crippen LogP contribution in [0.15, 0.2) is 0 Å². The number of carbonyl (C=O) groups is 1. The second-order valence-corrected chi connectivity index (χ2v) is 9.05. The Hall–Kier alpha value is -0.620. The van der Waals surface area contributed by atoms with Crippen LogP contribution in [0.4, 0.5) is 0 Å². The fourth-order valence-electron chi connectivity index (χ4n) is 4.33. The predicted molar refractivity (Wildman–Crippen MR) is 81.2 cm³/mol. The molecule has 1 aliphatic heterocycles. The Morgan fingerprint density at radius 1 is 1.29 bits per heavy atom. The molecule has 3 rings (SSSR count). The average Bonchev–Trinajstić information content (AvgIpc) is 2.52. The van der Waals surface area contributed by atoms with Gasteiger partial charge < -0.3 is 5.32 Å². The lowest BCUT2D eigenvalue weighted by molar-refractivity contribution is -0.124. The van der Waals surface area contributed by atoms with Crippen molar-refractivity contribution in [3.63, 3.8) is 0 Å². The highest BCUT2D eigenvalue weighted by molar-refractivity contribution is 7.89. The van der Waals surface area contributed by atoms with E-state index in [1.165, 1.54) is 23.6 Å². The van der Waals surface area contributed by atoms with E-state index in [9.17, 15) is 13.2 Å². The van der Waals surface area contributed by atoms with E-state index in [2.05, 4.69) is 5.32 Å². The summed E-state index contributed by atoms with van der Waals surface area (Å²) in [6, 6.07) is -0.518. The highest BCUT2D eigenvalue weighted by atomic mass is 32.2. The van der Waals surface area contributed by atoms with Crippen molar-refractivity contribution in [2.45, 2.75) is 57.9 Å². The normalized spacial score (nSPS) is 30.3. The average molecular weight is 314 g/mol. The summed E-state index contributed by atoms with van der Waals surface area (Å²) in [5.41, 5.74) is 0.501. The van der Waals surface area contributed by atoms with Gasteiger partial charge in [0, 0.05) is 13.1 Å². The lowest BCUT2D eigenvalue weighted by Gasteiger charge is -2.54. The van der Waals surface area contributed by atoms with Crippen molar-refractivity contribution in [3.05, 3.63) is 0 Å². The molecule has 3 aliphatic rings. The van der Waals surface area contributed by atoms with E-state index in [0.29, 0.717) is 37.3 Å². The summed E-state index contributed by atoms with van der Waals surface area (Å²) in [4.78, 5) is 12.0. The minimum atomic E-state index is -3.32. The molecule has 1 heterocycles. The molecular formula is C15H26N2O3S. The Morgan fingerprint density at radius 2 is 2.00 bits per heavy atom. The Labute approximate surface area is 127 Å². The molecule has 120 valence electrons. The smallest absolute Gasteiger partial charge is 0.238 e. The van der Waals surface area contributed by atoms with Crippen molar-refractivity contribution in [3.8, 4) is 0 Å². The molecule has 1 saturated heterocycles. The van der Waals surface area contributed by atoms with Crippen molar-refractivity contribution >= 4 is 15.9 Å². The first-order valence-corrected chi connectivity index (χ1v) is 9.84. The van der Waals surface area contributed by atoms with E-state index in [0.717, 1.165) is 12.8 Å². The quantitative estimate of drug-likeness (QED) is 0.855. The van der Waals surface area contributed by atoms with E-state index in [-0.39, 0.29) is 11.7 Å². The molecule has 2 aliphatic carbocycles. The number of amides is 1. The molecular weight excluding hydrogens is 288 g/mol. The van der Waals surface area contributed by atoms with Gasteiger partial charge in [0.2, 0.25) is 15.9 Å². The molecule has 1 N–H and O–H groups in total. The fraction of sp³-hybridized carbons (Fsp3) is 0.933. The van der Waals surface area contributed by atoms with Crippen LogP contribution in [-0.2, 0) is 14.8 Å².